The van der Waals surface area contributed by atoms with E-state index in [0.717, 1.165) is 6.07 Å². The van der Waals surface area contributed by atoms with E-state index < -0.39 is 17.5 Å². The summed E-state index contributed by atoms with van der Waals surface area (Å²) in [6, 6.07) is 3.34. The van der Waals surface area contributed by atoms with Crippen LogP contribution in [0, 0.1) is 17.6 Å². The van der Waals surface area contributed by atoms with Crippen LogP contribution in [0.3, 0.4) is 0 Å². The van der Waals surface area contributed by atoms with Crippen LogP contribution in [0.1, 0.15) is 17.9 Å². The molecule has 0 unspecified atom stereocenters. The van der Waals surface area contributed by atoms with E-state index in [0.29, 0.717) is 18.5 Å². The molecule has 1 aliphatic carbocycles. The molecule has 3 amide bonds. The lowest BCUT2D eigenvalue weighted by Crippen LogP contribution is -2.54. The number of benzene rings is 1. The van der Waals surface area contributed by atoms with E-state index in [9.17, 15) is 23.2 Å². The van der Waals surface area contributed by atoms with Gasteiger partial charge in [-0.1, -0.05) is 6.07 Å². The third-order valence-corrected chi connectivity index (χ3v) is 4.45. The Balaban J connectivity index is 1.61. The molecular weight excluding hydrogens is 320 g/mol. The highest BCUT2D eigenvalue weighted by Gasteiger charge is 2.47. The molecule has 1 aromatic carbocycles. The fourth-order valence-corrected chi connectivity index (χ4v) is 3.10. The molecule has 6 nitrogen and oxygen atoms in total. The number of primary amides is 1. The van der Waals surface area contributed by atoms with Crippen LogP contribution in [0.5, 0.6) is 0 Å². The minimum absolute atomic E-state index is 0.110. The normalized spacial score (nSPS) is 23.3. The van der Waals surface area contributed by atoms with Gasteiger partial charge >= 0.3 is 0 Å². The maximum atomic E-state index is 13.8. The van der Waals surface area contributed by atoms with Gasteiger partial charge in [0.2, 0.25) is 17.7 Å². The van der Waals surface area contributed by atoms with Crippen LogP contribution in [0.15, 0.2) is 18.2 Å². The Hall–Kier alpha value is -2.51. The van der Waals surface area contributed by atoms with Gasteiger partial charge in [-0.2, -0.15) is 0 Å². The molecule has 1 saturated carbocycles. The number of piperazine rings is 1. The van der Waals surface area contributed by atoms with Crippen molar-refractivity contribution in [2.24, 2.45) is 11.7 Å². The molecule has 0 radical (unpaired) electrons. The van der Waals surface area contributed by atoms with Gasteiger partial charge in [0.25, 0.3) is 0 Å². The van der Waals surface area contributed by atoms with E-state index in [1.165, 1.54) is 21.9 Å². The Morgan fingerprint density at radius 3 is 2.62 bits per heavy atom. The average Bonchev–Trinajstić information content (AvgIpc) is 3.28. The van der Waals surface area contributed by atoms with Crippen LogP contribution in [0.25, 0.3) is 0 Å². The van der Waals surface area contributed by atoms with Crippen molar-refractivity contribution in [2.75, 3.05) is 26.2 Å². The average molecular weight is 337 g/mol. The van der Waals surface area contributed by atoms with E-state index in [1.54, 1.807) is 0 Å². The van der Waals surface area contributed by atoms with E-state index in [1.807, 2.05) is 0 Å². The summed E-state index contributed by atoms with van der Waals surface area (Å²) in [6.45, 7) is 0.289. The number of nitrogens with zero attached hydrogens (tertiary/aromatic N) is 2. The molecule has 0 spiro atoms. The predicted octanol–water partition coefficient (Wildman–Crippen LogP) is 0.224. The lowest BCUT2D eigenvalue weighted by Gasteiger charge is -2.33. The van der Waals surface area contributed by atoms with Crippen molar-refractivity contribution in [1.29, 1.82) is 0 Å². The Bertz CT molecular complexity index is 710. The summed E-state index contributed by atoms with van der Waals surface area (Å²) >= 11 is 0. The topological polar surface area (TPSA) is 83.7 Å². The molecule has 24 heavy (non-hydrogen) atoms. The van der Waals surface area contributed by atoms with Crippen LogP contribution < -0.4 is 5.73 Å². The molecule has 3 rings (SSSR count). The van der Waals surface area contributed by atoms with E-state index >= 15 is 0 Å². The molecule has 128 valence electrons. The molecule has 2 atom stereocenters. The van der Waals surface area contributed by atoms with E-state index in [-0.39, 0.29) is 43.3 Å². The van der Waals surface area contributed by atoms with Crippen LogP contribution in [0.2, 0.25) is 0 Å². The monoisotopic (exact) mass is 337 g/mol. The van der Waals surface area contributed by atoms with Gasteiger partial charge in [0.1, 0.15) is 11.6 Å². The quantitative estimate of drug-likeness (QED) is 0.853. The highest BCUT2D eigenvalue weighted by atomic mass is 19.1. The number of amides is 3. The fraction of sp³-hybridized carbons (Fsp3) is 0.438. The largest absolute Gasteiger partial charge is 0.368 e. The second-order valence-electron chi connectivity index (χ2n) is 6.16. The maximum Gasteiger partial charge on any atom is 0.242 e. The molecule has 2 aliphatic rings. The third kappa shape index (κ3) is 3.22. The van der Waals surface area contributed by atoms with Crippen molar-refractivity contribution < 1.29 is 23.2 Å². The number of rotatable bonds is 4. The highest BCUT2D eigenvalue weighted by Crippen LogP contribution is 2.49. The van der Waals surface area contributed by atoms with Crippen LogP contribution in [-0.4, -0.2) is 53.7 Å². The lowest BCUT2D eigenvalue weighted by molar-refractivity contribution is -0.147. The summed E-state index contributed by atoms with van der Waals surface area (Å²) in [5, 5.41) is 0. The number of carbonyl (C=O) groups excluding carboxylic acids is 3. The second kappa shape index (κ2) is 6.18. The molecule has 1 aromatic rings. The third-order valence-electron chi connectivity index (χ3n) is 4.45. The smallest absolute Gasteiger partial charge is 0.242 e. The van der Waals surface area contributed by atoms with Gasteiger partial charge in [-0.25, -0.2) is 8.78 Å². The first-order valence-electron chi connectivity index (χ1n) is 7.66. The van der Waals surface area contributed by atoms with Crippen molar-refractivity contribution in [1.82, 2.24) is 9.80 Å². The van der Waals surface area contributed by atoms with Crippen molar-refractivity contribution in [3.8, 4) is 0 Å². The second-order valence-corrected chi connectivity index (χ2v) is 6.16. The first-order valence-corrected chi connectivity index (χ1v) is 7.66. The Morgan fingerprint density at radius 1 is 1.25 bits per heavy atom. The number of nitrogens with two attached hydrogens (primary N) is 1. The molecule has 0 aromatic heterocycles. The summed E-state index contributed by atoms with van der Waals surface area (Å²) in [5.41, 5.74) is 5.40. The van der Waals surface area contributed by atoms with Gasteiger partial charge in [-0.3, -0.25) is 14.4 Å². The van der Waals surface area contributed by atoms with Gasteiger partial charge in [-0.15, -0.1) is 0 Å². The molecule has 0 bridgehead atoms. The molecular formula is C16H17F2N3O3. The zero-order chi connectivity index (χ0) is 17.4. The maximum absolute atomic E-state index is 13.8. The molecule has 1 saturated heterocycles. The zero-order valence-electron chi connectivity index (χ0n) is 12.9. The lowest BCUT2D eigenvalue weighted by atomic mass is 10.1. The molecule has 1 aliphatic heterocycles. The van der Waals surface area contributed by atoms with Crippen LogP contribution in [0.4, 0.5) is 8.78 Å². The predicted molar refractivity (Wildman–Crippen MR) is 79.6 cm³/mol. The van der Waals surface area contributed by atoms with Gasteiger partial charge in [0.15, 0.2) is 0 Å². The Morgan fingerprint density at radius 2 is 2.00 bits per heavy atom. The fourth-order valence-electron chi connectivity index (χ4n) is 3.10. The molecule has 8 heteroatoms. The highest BCUT2D eigenvalue weighted by molar-refractivity contribution is 5.90. The van der Waals surface area contributed by atoms with Crippen molar-refractivity contribution in [3.05, 3.63) is 35.4 Å². The van der Waals surface area contributed by atoms with Crippen molar-refractivity contribution >= 4 is 17.7 Å². The molecule has 1 heterocycles. The number of hydrogen-bond donors (Lipinski definition) is 1. The minimum Gasteiger partial charge on any atom is -0.368 e. The standard InChI is InChI=1S/C16H17F2N3O3/c17-9-1-2-10(13(18)5-9)11-6-12(11)16(24)21-4-3-20(7-14(19)22)15(23)8-21/h1-2,5,11-12H,3-4,6-8H2,(H2,19,22)/t11-,12+/m0/s1. The van der Waals surface area contributed by atoms with Gasteiger partial charge in [-0.05, 0) is 24.0 Å². The summed E-state index contributed by atoms with van der Waals surface area (Å²) < 4.78 is 26.7. The van der Waals surface area contributed by atoms with Gasteiger partial charge in [0, 0.05) is 25.1 Å². The first kappa shape index (κ1) is 16.4. The van der Waals surface area contributed by atoms with Crippen LogP contribution >= 0.6 is 0 Å². The Kier molecular flexibility index (Phi) is 4.21. The SMILES string of the molecule is NC(=O)CN1CCN(C(=O)[C@@H]2C[C@H]2c2ccc(F)cc2F)CC1=O. The van der Waals surface area contributed by atoms with E-state index in [2.05, 4.69) is 0 Å². The van der Waals surface area contributed by atoms with Crippen molar-refractivity contribution in [3.63, 3.8) is 0 Å². The number of carbonyl (C=O) groups is 3. The summed E-state index contributed by atoms with van der Waals surface area (Å²) in [7, 11) is 0. The molecule has 2 N–H and O–H groups in total. The van der Waals surface area contributed by atoms with Crippen LogP contribution in [-0.2, 0) is 14.4 Å². The Labute approximate surface area is 137 Å². The number of hydrogen-bond acceptors (Lipinski definition) is 3. The minimum atomic E-state index is -0.657. The summed E-state index contributed by atoms with van der Waals surface area (Å²) in [6.07, 6.45) is 0.483. The summed E-state index contributed by atoms with van der Waals surface area (Å²) in [4.78, 5) is 38.0. The van der Waals surface area contributed by atoms with Gasteiger partial charge < -0.3 is 15.5 Å². The molecule has 2 fully saturated rings. The first-order chi connectivity index (χ1) is 11.4. The van der Waals surface area contributed by atoms with Gasteiger partial charge in [0.05, 0.1) is 13.1 Å². The van der Waals surface area contributed by atoms with E-state index in [4.69, 9.17) is 5.73 Å². The number of halogens is 2. The van der Waals surface area contributed by atoms with Crippen molar-refractivity contribution in [2.45, 2.75) is 12.3 Å². The zero-order valence-corrected chi connectivity index (χ0v) is 12.9. The summed E-state index contributed by atoms with van der Waals surface area (Å²) in [5.74, 6) is -3.13.